The van der Waals surface area contributed by atoms with Gasteiger partial charge >= 0.3 is 0 Å². The fourth-order valence-electron chi connectivity index (χ4n) is 4.30. The van der Waals surface area contributed by atoms with Gasteiger partial charge in [-0.05, 0) is 42.9 Å². The number of rotatable bonds is 14. The van der Waals surface area contributed by atoms with Crippen molar-refractivity contribution >= 4 is 7.26 Å². The van der Waals surface area contributed by atoms with Gasteiger partial charge in [0.05, 0.1) is 24.6 Å². The second-order valence-corrected chi connectivity index (χ2v) is 14.7. The monoisotopic (exact) mass is 369 g/mol. The molecule has 0 unspecified atom stereocenters. The third kappa shape index (κ3) is 13.1. The summed E-state index contributed by atoms with van der Waals surface area (Å²) >= 11 is 0. The highest BCUT2D eigenvalue weighted by Crippen LogP contribution is 2.60. The molecule has 0 aliphatic rings. The fourth-order valence-corrected chi connectivity index (χ4v) is 9.07. The van der Waals surface area contributed by atoms with Gasteiger partial charge in [-0.25, -0.2) is 0 Å². The van der Waals surface area contributed by atoms with E-state index < -0.39 is 7.26 Å². The van der Waals surface area contributed by atoms with E-state index in [0.29, 0.717) is 10.8 Å². The molecule has 0 aromatic rings. The van der Waals surface area contributed by atoms with Crippen LogP contribution in [0.3, 0.4) is 0 Å². The average Bonchev–Trinajstić information content (AvgIpc) is 2.50. The third-order valence-corrected chi connectivity index (χ3v) is 10.1. The Hall–Kier alpha value is 0.170. The van der Waals surface area contributed by atoms with Gasteiger partial charge < -0.3 is 0 Å². The van der Waals surface area contributed by atoms with E-state index in [4.69, 9.17) is 0 Å². The molecule has 0 saturated heterocycles. The molecule has 150 valence electrons. The maximum absolute atomic E-state index is 2.60. The summed E-state index contributed by atoms with van der Waals surface area (Å²) in [6.07, 6.45) is 22.1. The molecule has 0 aromatic carbocycles. The second-order valence-electron chi connectivity index (χ2n) is 10.3. The molecule has 1 heteroatoms. The van der Waals surface area contributed by atoms with Gasteiger partial charge in [-0.1, -0.05) is 86.8 Å². The van der Waals surface area contributed by atoms with E-state index in [-0.39, 0.29) is 0 Å². The van der Waals surface area contributed by atoms with Crippen molar-refractivity contribution in [2.45, 2.75) is 107 Å². The zero-order chi connectivity index (χ0) is 19.4. The van der Waals surface area contributed by atoms with Crippen molar-refractivity contribution in [2.75, 3.05) is 24.6 Å². The summed E-state index contributed by atoms with van der Waals surface area (Å²) in [5.41, 5.74) is 0.851. The molecule has 0 amide bonds. The van der Waals surface area contributed by atoms with E-state index in [1.54, 1.807) is 18.5 Å². The third-order valence-electron chi connectivity index (χ3n) is 5.30. The Morgan fingerprint density at radius 1 is 0.680 bits per heavy atom. The van der Waals surface area contributed by atoms with Crippen molar-refractivity contribution in [3.63, 3.8) is 0 Å². The summed E-state index contributed by atoms with van der Waals surface area (Å²) < 4.78 is 0. The van der Waals surface area contributed by atoms with Crippen LogP contribution in [0.4, 0.5) is 0 Å². The van der Waals surface area contributed by atoms with Crippen LogP contribution >= 0.6 is 7.26 Å². The van der Waals surface area contributed by atoms with Crippen molar-refractivity contribution < 1.29 is 0 Å². The Bertz CT molecular complexity index is 324. The first-order chi connectivity index (χ1) is 11.6. The van der Waals surface area contributed by atoms with Crippen molar-refractivity contribution in [1.82, 2.24) is 0 Å². The van der Waals surface area contributed by atoms with Crippen LogP contribution in [0.2, 0.25) is 0 Å². The zero-order valence-electron chi connectivity index (χ0n) is 19.1. The van der Waals surface area contributed by atoms with Gasteiger partial charge in [0.25, 0.3) is 0 Å². The van der Waals surface area contributed by atoms with E-state index in [1.165, 1.54) is 57.5 Å². The van der Waals surface area contributed by atoms with Crippen LogP contribution in [-0.4, -0.2) is 24.6 Å². The van der Waals surface area contributed by atoms with Gasteiger partial charge in [0.1, 0.15) is 0 Å². The van der Waals surface area contributed by atoms with Gasteiger partial charge in [0, 0.05) is 7.26 Å². The molecule has 0 saturated carbocycles. The first-order valence-corrected chi connectivity index (χ1v) is 13.6. The Labute approximate surface area is 162 Å². The van der Waals surface area contributed by atoms with E-state index >= 15 is 0 Å². The van der Waals surface area contributed by atoms with Crippen molar-refractivity contribution in [3.05, 3.63) is 12.2 Å². The normalized spacial score (nSPS) is 13.8. The number of hydrogen-bond acceptors (Lipinski definition) is 0. The van der Waals surface area contributed by atoms with Crippen molar-refractivity contribution in [1.29, 1.82) is 0 Å². The Balaban J connectivity index is 4.85. The maximum atomic E-state index is 2.60. The predicted octanol–water partition coefficient (Wildman–Crippen LogP) is 8.81. The quantitative estimate of drug-likeness (QED) is 0.212. The number of hydrogen-bond donors (Lipinski definition) is 0. The Morgan fingerprint density at radius 2 is 1.12 bits per heavy atom. The lowest BCUT2D eigenvalue weighted by Gasteiger charge is -2.31. The zero-order valence-corrected chi connectivity index (χ0v) is 20.0. The molecule has 0 heterocycles. The smallest absolute Gasteiger partial charge is 0.0773 e. The van der Waals surface area contributed by atoms with Crippen molar-refractivity contribution in [3.8, 4) is 0 Å². The van der Waals surface area contributed by atoms with Crippen molar-refractivity contribution in [2.24, 2.45) is 10.8 Å². The van der Waals surface area contributed by atoms with Crippen LogP contribution in [0.15, 0.2) is 12.2 Å². The Morgan fingerprint density at radius 3 is 1.48 bits per heavy atom. The molecule has 0 rings (SSSR count). The first-order valence-electron chi connectivity index (χ1n) is 11.1. The topological polar surface area (TPSA) is 0 Å². The van der Waals surface area contributed by atoms with Crippen LogP contribution in [0.25, 0.3) is 0 Å². The summed E-state index contributed by atoms with van der Waals surface area (Å²) in [7, 11) is -0.756. The lowest BCUT2D eigenvalue weighted by atomic mass is 9.74. The largest absolute Gasteiger partial charge is 0.0844 e. The minimum Gasteiger partial charge on any atom is -0.0844 e. The average molecular weight is 370 g/mol. The lowest BCUT2D eigenvalue weighted by Crippen LogP contribution is -2.20. The van der Waals surface area contributed by atoms with Crippen LogP contribution < -0.4 is 0 Å². The first kappa shape index (κ1) is 25.2. The van der Waals surface area contributed by atoms with E-state index in [1.807, 2.05) is 0 Å². The molecular weight excluding hydrogens is 319 g/mol. The van der Waals surface area contributed by atoms with Gasteiger partial charge in [-0.15, -0.1) is 0 Å². The number of unbranched alkanes of at least 4 members (excludes halogenated alkanes) is 3. The van der Waals surface area contributed by atoms with E-state index in [9.17, 15) is 0 Å². The van der Waals surface area contributed by atoms with Crippen LogP contribution in [0, 0.1) is 10.8 Å². The summed E-state index contributed by atoms with van der Waals surface area (Å²) in [6.45, 7) is 19.1. The van der Waals surface area contributed by atoms with E-state index in [0.717, 1.165) is 0 Å². The number of allylic oxidation sites excluding steroid dienone is 2. The lowest BCUT2D eigenvalue weighted by molar-refractivity contribution is 0.215. The molecule has 0 nitrogen and oxygen atoms in total. The predicted molar refractivity (Wildman–Crippen MR) is 123 cm³/mol. The molecule has 0 radical (unpaired) electrons. The summed E-state index contributed by atoms with van der Waals surface area (Å²) in [5.74, 6) is 0. The van der Waals surface area contributed by atoms with Crippen LogP contribution in [-0.2, 0) is 0 Å². The summed E-state index contributed by atoms with van der Waals surface area (Å²) in [4.78, 5) is 0. The highest BCUT2D eigenvalue weighted by atomic mass is 31.2. The molecule has 0 atom stereocenters. The van der Waals surface area contributed by atoms with E-state index in [2.05, 4.69) is 67.5 Å². The van der Waals surface area contributed by atoms with Gasteiger partial charge in [-0.2, -0.15) is 0 Å². The van der Waals surface area contributed by atoms with Crippen LogP contribution in [0.5, 0.6) is 0 Å². The SMILES string of the molecule is CCCC[P+](CC=CCC(C)(C)CC(C)(C)C)(CCCC)CCCC. The molecule has 0 aliphatic heterocycles. The highest BCUT2D eigenvalue weighted by Gasteiger charge is 2.34. The highest BCUT2D eigenvalue weighted by molar-refractivity contribution is 7.76. The minimum atomic E-state index is -0.756. The molecule has 0 spiro atoms. The maximum Gasteiger partial charge on any atom is 0.0773 e. The van der Waals surface area contributed by atoms with Crippen LogP contribution in [0.1, 0.15) is 107 Å². The van der Waals surface area contributed by atoms with Gasteiger partial charge in [0.2, 0.25) is 0 Å². The molecule has 0 fully saturated rings. The van der Waals surface area contributed by atoms with Gasteiger partial charge in [0.15, 0.2) is 0 Å². The molecule has 0 aromatic heterocycles. The molecule has 25 heavy (non-hydrogen) atoms. The Kier molecular flexibility index (Phi) is 12.6. The molecule has 0 aliphatic carbocycles. The standard InChI is InChI=1S/C24H50P/c1-9-12-18-25(19-13-10-2,20-14-11-3)21-16-15-17-24(7,8)22-23(4,5)6/h15-16H,9-14,17-22H2,1-8H3/q+1. The second kappa shape index (κ2) is 12.5. The summed E-state index contributed by atoms with van der Waals surface area (Å²) in [6, 6.07) is 0. The molecule has 0 N–H and O–H groups in total. The molecular formula is C24H50P+. The fraction of sp³-hybridized carbons (Fsp3) is 0.917. The molecule has 0 bridgehead atoms. The minimum absolute atomic E-state index is 0.423. The van der Waals surface area contributed by atoms with Gasteiger partial charge in [-0.3, -0.25) is 0 Å². The summed E-state index contributed by atoms with van der Waals surface area (Å²) in [5, 5.41) is 0.